The number of fused-ring (bicyclic) bond motifs is 5. The van der Waals surface area contributed by atoms with Crippen LogP contribution in [0.25, 0.3) is 6.08 Å². The molecule has 3 aliphatic rings. The summed E-state index contributed by atoms with van der Waals surface area (Å²) in [5.41, 5.74) is 1.31. The van der Waals surface area contributed by atoms with Crippen molar-refractivity contribution in [3.05, 3.63) is 131 Å². The fraction of sp³-hybridized carbons (Fsp3) is 0.167. The second kappa shape index (κ2) is 9.91. The lowest BCUT2D eigenvalue weighted by atomic mass is 9.64. The van der Waals surface area contributed by atoms with E-state index in [0.717, 1.165) is 0 Å². The van der Waals surface area contributed by atoms with Gasteiger partial charge in [0.1, 0.15) is 17.2 Å². The lowest BCUT2D eigenvalue weighted by molar-refractivity contribution is -0.131. The number of anilines is 1. The molecular formula is C36H27NO6. The molecule has 3 atom stereocenters. The molecule has 2 aliphatic heterocycles. The average Bonchev–Trinajstić information content (AvgIpc) is 3.47. The van der Waals surface area contributed by atoms with Crippen LogP contribution in [0.4, 0.5) is 5.69 Å². The molecule has 43 heavy (non-hydrogen) atoms. The molecule has 1 spiro atoms. The van der Waals surface area contributed by atoms with Crippen molar-refractivity contribution < 1.29 is 28.7 Å². The zero-order valence-corrected chi connectivity index (χ0v) is 23.5. The van der Waals surface area contributed by atoms with Crippen LogP contribution in [0.15, 0.2) is 103 Å². The molecule has 0 amide bonds. The molecule has 7 heteroatoms. The van der Waals surface area contributed by atoms with Gasteiger partial charge in [0.2, 0.25) is 0 Å². The van der Waals surface area contributed by atoms with Gasteiger partial charge in [0.15, 0.2) is 23.1 Å². The van der Waals surface area contributed by atoms with Gasteiger partial charge in [0, 0.05) is 35.1 Å². The Bertz CT molecular complexity index is 1810. The summed E-state index contributed by atoms with van der Waals surface area (Å²) in [7, 11) is 1.56. The van der Waals surface area contributed by atoms with E-state index < -0.39 is 29.4 Å². The van der Waals surface area contributed by atoms with E-state index in [1.54, 1.807) is 79.9 Å². The van der Waals surface area contributed by atoms with Crippen LogP contribution in [0.2, 0.25) is 0 Å². The Morgan fingerprint density at radius 2 is 1.44 bits per heavy atom. The topological polar surface area (TPSA) is 90.0 Å². The van der Waals surface area contributed by atoms with Gasteiger partial charge in [0.25, 0.3) is 0 Å². The van der Waals surface area contributed by atoms with Gasteiger partial charge >= 0.3 is 5.97 Å². The highest BCUT2D eigenvalue weighted by Crippen LogP contribution is 2.62. The SMILES string of the molecule is COc1ccc([C@H]2[C@H](C(=O)c3ccccc3)N3c4c(cccc4OC(C)=O)C=C[C@@H]3C23C(=O)c2ccccc2C3=O)cc1. The molecule has 0 radical (unpaired) electrons. The third-order valence-corrected chi connectivity index (χ3v) is 8.84. The molecule has 7 nitrogen and oxygen atoms in total. The van der Waals surface area contributed by atoms with E-state index in [4.69, 9.17) is 9.47 Å². The van der Waals surface area contributed by atoms with Crippen LogP contribution in [-0.2, 0) is 4.79 Å². The molecule has 1 aliphatic carbocycles. The molecular weight excluding hydrogens is 542 g/mol. The zero-order valence-electron chi connectivity index (χ0n) is 23.5. The zero-order chi connectivity index (χ0) is 29.9. The smallest absolute Gasteiger partial charge is 0.308 e. The first-order chi connectivity index (χ1) is 20.9. The van der Waals surface area contributed by atoms with E-state index >= 15 is 0 Å². The highest BCUT2D eigenvalue weighted by Gasteiger charge is 2.71. The van der Waals surface area contributed by atoms with Crippen molar-refractivity contribution in [1.29, 1.82) is 0 Å². The summed E-state index contributed by atoms with van der Waals surface area (Å²) in [5, 5.41) is 0. The number of methoxy groups -OCH3 is 1. The molecule has 4 aromatic carbocycles. The maximum atomic E-state index is 14.8. The number of rotatable bonds is 5. The molecule has 0 N–H and O–H groups in total. The van der Waals surface area contributed by atoms with Gasteiger partial charge in [-0.25, -0.2) is 0 Å². The summed E-state index contributed by atoms with van der Waals surface area (Å²) in [6, 6.07) is 26.4. The van der Waals surface area contributed by atoms with Gasteiger partial charge in [-0.15, -0.1) is 0 Å². The number of hydrogen-bond donors (Lipinski definition) is 0. The van der Waals surface area contributed by atoms with Crippen LogP contribution in [0.3, 0.4) is 0 Å². The highest BCUT2D eigenvalue weighted by atomic mass is 16.5. The predicted octanol–water partition coefficient (Wildman–Crippen LogP) is 5.94. The summed E-state index contributed by atoms with van der Waals surface area (Å²) in [4.78, 5) is 58.4. The number of carbonyl (C=O) groups excluding carboxylic acids is 4. The maximum absolute atomic E-state index is 14.8. The van der Waals surface area contributed by atoms with E-state index in [1.807, 2.05) is 41.3 Å². The number of para-hydroxylation sites is 1. The normalized spacial score (nSPS) is 20.9. The Kier molecular flexibility index (Phi) is 6.13. The first kappa shape index (κ1) is 26.6. The molecule has 7 rings (SSSR count). The first-order valence-electron chi connectivity index (χ1n) is 14.1. The molecule has 0 aromatic heterocycles. The minimum Gasteiger partial charge on any atom is -0.497 e. The Labute approximate surface area is 248 Å². The van der Waals surface area contributed by atoms with Gasteiger partial charge in [-0.1, -0.05) is 91.0 Å². The highest BCUT2D eigenvalue weighted by molar-refractivity contribution is 6.32. The van der Waals surface area contributed by atoms with Crippen LogP contribution in [0.1, 0.15) is 55.0 Å². The summed E-state index contributed by atoms with van der Waals surface area (Å²) in [6.45, 7) is 1.31. The number of nitrogens with zero attached hydrogens (tertiary/aromatic N) is 1. The molecule has 0 bridgehead atoms. The first-order valence-corrected chi connectivity index (χ1v) is 14.1. The van der Waals surface area contributed by atoms with Crippen LogP contribution in [-0.4, -0.2) is 42.5 Å². The molecule has 4 aromatic rings. The second-order valence-corrected chi connectivity index (χ2v) is 11.0. The fourth-order valence-corrected chi connectivity index (χ4v) is 7.18. The molecule has 0 saturated carbocycles. The molecule has 0 unspecified atom stereocenters. The van der Waals surface area contributed by atoms with Gasteiger partial charge in [-0.3, -0.25) is 19.2 Å². The summed E-state index contributed by atoms with van der Waals surface area (Å²) >= 11 is 0. The van der Waals surface area contributed by atoms with E-state index in [0.29, 0.717) is 39.3 Å². The van der Waals surface area contributed by atoms with Crippen molar-refractivity contribution >= 4 is 35.1 Å². The standard InChI is InChI=1S/C36H27NO6/c1-21(38)43-28-14-8-11-23-17-20-29-36(34(40)26-12-6-7-13-27(26)35(36)41)30(22-15-18-25(42-2)19-16-22)32(37(29)31(23)28)33(39)24-9-4-3-5-10-24/h3-20,29-30,32H,1-2H3/t29-,30+,32-/m1/s1. The minimum absolute atomic E-state index is 0.251. The Morgan fingerprint density at radius 1 is 0.791 bits per heavy atom. The lowest BCUT2D eigenvalue weighted by Gasteiger charge is -2.37. The Hall–Kier alpha value is -5.30. The maximum Gasteiger partial charge on any atom is 0.308 e. The van der Waals surface area contributed by atoms with Crippen molar-refractivity contribution in [2.24, 2.45) is 5.41 Å². The quantitative estimate of drug-likeness (QED) is 0.127. The minimum atomic E-state index is -1.66. The Morgan fingerprint density at radius 3 is 2.07 bits per heavy atom. The lowest BCUT2D eigenvalue weighted by Crippen LogP contribution is -2.48. The molecule has 2 heterocycles. The number of hydrogen-bond acceptors (Lipinski definition) is 7. The van der Waals surface area contributed by atoms with E-state index in [-0.39, 0.29) is 23.1 Å². The third kappa shape index (κ3) is 3.74. The van der Waals surface area contributed by atoms with Crippen LogP contribution in [0.5, 0.6) is 11.5 Å². The van der Waals surface area contributed by atoms with E-state index in [9.17, 15) is 19.2 Å². The number of ketones is 3. The van der Waals surface area contributed by atoms with Gasteiger partial charge in [0.05, 0.1) is 18.8 Å². The van der Waals surface area contributed by atoms with Crippen LogP contribution >= 0.6 is 0 Å². The Balaban J connectivity index is 1.56. The van der Waals surface area contributed by atoms with Crippen molar-refractivity contribution in [1.82, 2.24) is 0 Å². The number of ether oxygens (including phenoxy) is 2. The largest absolute Gasteiger partial charge is 0.497 e. The van der Waals surface area contributed by atoms with Crippen molar-refractivity contribution in [2.45, 2.75) is 24.9 Å². The van der Waals surface area contributed by atoms with Gasteiger partial charge < -0.3 is 14.4 Å². The molecule has 212 valence electrons. The average molecular weight is 570 g/mol. The monoisotopic (exact) mass is 569 g/mol. The third-order valence-electron chi connectivity index (χ3n) is 8.84. The van der Waals surface area contributed by atoms with Crippen molar-refractivity contribution in [2.75, 3.05) is 12.0 Å². The number of Topliss-reactive ketones (excluding diaryl/α,β-unsaturated/α-hetero) is 3. The summed E-state index contributed by atoms with van der Waals surface area (Å²) in [5.74, 6) is -1.45. The van der Waals surface area contributed by atoms with Crippen LogP contribution < -0.4 is 14.4 Å². The number of esters is 1. The van der Waals surface area contributed by atoms with Gasteiger partial charge in [-0.2, -0.15) is 0 Å². The number of benzene rings is 4. The number of carbonyl (C=O) groups is 4. The fourth-order valence-electron chi connectivity index (χ4n) is 7.18. The van der Waals surface area contributed by atoms with E-state index in [1.165, 1.54) is 6.92 Å². The molecule has 1 saturated heterocycles. The second-order valence-electron chi connectivity index (χ2n) is 11.0. The van der Waals surface area contributed by atoms with Crippen molar-refractivity contribution in [3.8, 4) is 11.5 Å². The van der Waals surface area contributed by atoms with Crippen molar-refractivity contribution in [3.63, 3.8) is 0 Å². The van der Waals surface area contributed by atoms with E-state index in [2.05, 4.69) is 0 Å². The summed E-state index contributed by atoms with van der Waals surface area (Å²) < 4.78 is 11.1. The van der Waals surface area contributed by atoms with Crippen LogP contribution in [0, 0.1) is 5.41 Å². The van der Waals surface area contributed by atoms with Gasteiger partial charge in [-0.05, 0) is 23.8 Å². The molecule has 1 fully saturated rings. The summed E-state index contributed by atoms with van der Waals surface area (Å²) in [6.07, 6.45) is 3.69. The predicted molar refractivity (Wildman–Crippen MR) is 161 cm³/mol.